The number of ether oxygens (including phenoxy) is 2. The van der Waals surface area contributed by atoms with Crippen molar-refractivity contribution >= 4 is 45.2 Å². The number of hydrazone groups is 1. The van der Waals surface area contributed by atoms with E-state index < -0.39 is 0 Å². The lowest BCUT2D eigenvalue weighted by Gasteiger charge is -2.11. The number of rotatable bonds is 5. The summed E-state index contributed by atoms with van der Waals surface area (Å²) in [6.45, 7) is 0. The average Bonchev–Trinajstić information content (AvgIpc) is 2.55. The van der Waals surface area contributed by atoms with E-state index in [9.17, 15) is 0 Å². The third kappa shape index (κ3) is 4.94. The highest BCUT2D eigenvalue weighted by atomic mass is 79.9. The monoisotopic (exact) mass is 393 g/mol. The van der Waals surface area contributed by atoms with Gasteiger partial charge >= 0.3 is 0 Å². The number of benzene rings is 2. The molecule has 0 bridgehead atoms. The molecule has 0 heterocycles. The minimum absolute atomic E-state index is 0.397. The molecule has 7 heteroatoms. The van der Waals surface area contributed by atoms with Crippen molar-refractivity contribution in [2.45, 2.75) is 0 Å². The molecule has 0 aliphatic rings. The zero-order valence-electron chi connectivity index (χ0n) is 12.7. The van der Waals surface area contributed by atoms with E-state index in [0.717, 1.165) is 15.7 Å². The van der Waals surface area contributed by atoms with Crippen molar-refractivity contribution in [3.05, 3.63) is 52.5 Å². The van der Waals surface area contributed by atoms with Gasteiger partial charge in [-0.3, -0.25) is 5.43 Å². The number of methoxy groups -OCH3 is 2. The Hall–Kier alpha value is -2.12. The van der Waals surface area contributed by atoms with Crippen LogP contribution in [-0.4, -0.2) is 25.5 Å². The second-order valence-electron chi connectivity index (χ2n) is 4.42. The van der Waals surface area contributed by atoms with E-state index in [4.69, 9.17) is 21.7 Å². The Morgan fingerprint density at radius 3 is 2.57 bits per heavy atom. The highest BCUT2D eigenvalue weighted by Gasteiger charge is 2.10. The second kappa shape index (κ2) is 8.50. The molecule has 0 aliphatic heterocycles. The molecule has 0 saturated carbocycles. The van der Waals surface area contributed by atoms with Gasteiger partial charge in [-0.15, -0.1) is 0 Å². The second-order valence-corrected chi connectivity index (χ2v) is 5.74. The fraction of sp³-hybridized carbons (Fsp3) is 0.125. The van der Waals surface area contributed by atoms with Crippen molar-refractivity contribution in [3.8, 4) is 11.5 Å². The quantitative estimate of drug-likeness (QED) is 0.459. The fourth-order valence-corrected chi connectivity index (χ4v) is 2.52. The van der Waals surface area contributed by atoms with Crippen LogP contribution in [0.1, 0.15) is 5.56 Å². The predicted molar refractivity (Wildman–Crippen MR) is 101 cm³/mol. The number of thiocarbonyl (C=S) groups is 1. The van der Waals surface area contributed by atoms with Gasteiger partial charge in [0.05, 0.1) is 20.4 Å². The Morgan fingerprint density at radius 2 is 1.91 bits per heavy atom. The zero-order valence-corrected chi connectivity index (χ0v) is 15.1. The number of halogens is 1. The van der Waals surface area contributed by atoms with Gasteiger partial charge in [0.25, 0.3) is 0 Å². The molecule has 0 aromatic heterocycles. The van der Waals surface area contributed by atoms with Crippen LogP contribution in [0.25, 0.3) is 0 Å². The van der Waals surface area contributed by atoms with Gasteiger partial charge in [0.1, 0.15) is 0 Å². The van der Waals surface area contributed by atoms with Crippen LogP contribution in [0.5, 0.6) is 11.5 Å². The minimum Gasteiger partial charge on any atom is -0.493 e. The summed E-state index contributed by atoms with van der Waals surface area (Å²) in [5, 5.41) is 7.56. The van der Waals surface area contributed by atoms with E-state index in [0.29, 0.717) is 16.6 Å². The number of hydrogen-bond acceptors (Lipinski definition) is 4. The van der Waals surface area contributed by atoms with Crippen LogP contribution in [0.2, 0.25) is 0 Å². The Kier molecular flexibility index (Phi) is 6.37. The fourth-order valence-electron chi connectivity index (χ4n) is 1.90. The van der Waals surface area contributed by atoms with Crippen molar-refractivity contribution in [3.63, 3.8) is 0 Å². The number of anilines is 1. The molecule has 0 unspecified atom stereocenters. The van der Waals surface area contributed by atoms with Crippen molar-refractivity contribution in [1.29, 1.82) is 0 Å². The van der Waals surface area contributed by atoms with Crippen LogP contribution < -0.4 is 20.2 Å². The molecule has 0 fully saturated rings. The van der Waals surface area contributed by atoms with E-state index in [1.807, 2.05) is 42.5 Å². The first-order chi connectivity index (χ1) is 11.1. The van der Waals surface area contributed by atoms with Crippen LogP contribution in [-0.2, 0) is 0 Å². The van der Waals surface area contributed by atoms with E-state index in [1.54, 1.807) is 20.4 Å². The van der Waals surface area contributed by atoms with E-state index in [-0.39, 0.29) is 0 Å². The molecule has 0 spiro atoms. The third-order valence-electron chi connectivity index (χ3n) is 2.87. The van der Waals surface area contributed by atoms with Gasteiger partial charge in [-0.1, -0.05) is 34.1 Å². The lowest BCUT2D eigenvalue weighted by atomic mass is 10.2. The van der Waals surface area contributed by atoms with Crippen LogP contribution in [0.3, 0.4) is 0 Å². The van der Waals surface area contributed by atoms with Gasteiger partial charge in [-0.05, 0) is 36.5 Å². The topological polar surface area (TPSA) is 54.9 Å². The van der Waals surface area contributed by atoms with Crippen LogP contribution in [0.15, 0.2) is 52.0 Å². The van der Waals surface area contributed by atoms with Crippen molar-refractivity contribution < 1.29 is 9.47 Å². The summed E-state index contributed by atoms with van der Waals surface area (Å²) in [5.74, 6) is 1.22. The molecule has 2 aromatic carbocycles. The predicted octanol–water partition coefficient (Wildman–Crippen LogP) is 3.79. The Balaban J connectivity index is 2.05. The zero-order chi connectivity index (χ0) is 16.7. The molecule has 2 N–H and O–H groups in total. The molecule has 23 heavy (non-hydrogen) atoms. The van der Waals surface area contributed by atoms with Gasteiger partial charge in [0.15, 0.2) is 16.6 Å². The number of hydrogen-bond donors (Lipinski definition) is 2. The highest BCUT2D eigenvalue weighted by molar-refractivity contribution is 9.10. The molecule has 0 saturated heterocycles. The maximum absolute atomic E-state index is 5.36. The summed E-state index contributed by atoms with van der Waals surface area (Å²) < 4.78 is 11.5. The summed E-state index contributed by atoms with van der Waals surface area (Å²) in [5.41, 5.74) is 4.41. The van der Waals surface area contributed by atoms with Gasteiger partial charge in [0.2, 0.25) is 0 Å². The standard InChI is InChI=1S/C16H16BrN3O2S/c1-21-14-9-12(17)8-11(15(14)22-2)10-18-20-16(23)19-13-6-4-3-5-7-13/h3-10H,1-2H3,(H2,19,20,23)/b18-10+. The average molecular weight is 394 g/mol. The molecule has 0 amide bonds. The normalized spacial score (nSPS) is 10.4. The molecular weight excluding hydrogens is 378 g/mol. The summed E-state index contributed by atoms with van der Waals surface area (Å²) in [6.07, 6.45) is 1.62. The molecule has 0 atom stereocenters. The summed E-state index contributed by atoms with van der Waals surface area (Å²) in [7, 11) is 3.17. The SMILES string of the molecule is COc1cc(Br)cc(/C=N/NC(=S)Nc2ccccc2)c1OC. The first-order valence-corrected chi connectivity index (χ1v) is 7.90. The van der Waals surface area contributed by atoms with Gasteiger partial charge in [0, 0.05) is 15.7 Å². The molecule has 2 rings (SSSR count). The first-order valence-electron chi connectivity index (χ1n) is 6.70. The van der Waals surface area contributed by atoms with Crippen LogP contribution >= 0.6 is 28.1 Å². The lowest BCUT2D eigenvalue weighted by molar-refractivity contribution is 0.354. The third-order valence-corrected chi connectivity index (χ3v) is 3.52. The Bertz CT molecular complexity index is 708. The highest BCUT2D eigenvalue weighted by Crippen LogP contribution is 2.33. The Labute approximate surface area is 148 Å². The van der Waals surface area contributed by atoms with Crippen molar-refractivity contribution in [2.24, 2.45) is 5.10 Å². The van der Waals surface area contributed by atoms with Crippen LogP contribution in [0, 0.1) is 0 Å². The molecule has 2 aromatic rings. The summed E-state index contributed by atoms with van der Waals surface area (Å²) in [6, 6.07) is 13.3. The summed E-state index contributed by atoms with van der Waals surface area (Å²) >= 11 is 8.61. The van der Waals surface area contributed by atoms with Gasteiger partial charge in [-0.25, -0.2) is 0 Å². The summed E-state index contributed by atoms with van der Waals surface area (Å²) in [4.78, 5) is 0. The molecule has 5 nitrogen and oxygen atoms in total. The molecule has 120 valence electrons. The number of para-hydroxylation sites is 1. The molecular formula is C16H16BrN3O2S. The van der Waals surface area contributed by atoms with Crippen molar-refractivity contribution in [1.82, 2.24) is 5.43 Å². The molecule has 0 radical (unpaired) electrons. The van der Waals surface area contributed by atoms with E-state index in [2.05, 4.69) is 31.8 Å². The molecule has 0 aliphatic carbocycles. The lowest BCUT2D eigenvalue weighted by Crippen LogP contribution is -2.23. The van der Waals surface area contributed by atoms with E-state index >= 15 is 0 Å². The largest absolute Gasteiger partial charge is 0.493 e. The Morgan fingerprint density at radius 1 is 1.17 bits per heavy atom. The van der Waals surface area contributed by atoms with E-state index in [1.165, 1.54) is 0 Å². The maximum atomic E-state index is 5.36. The van der Waals surface area contributed by atoms with Crippen LogP contribution in [0.4, 0.5) is 5.69 Å². The van der Waals surface area contributed by atoms with Crippen molar-refractivity contribution in [2.75, 3.05) is 19.5 Å². The number of nitrogens with one attached hydrogen (secondary N) is 2. The van der Waals surface area contributed by atoms with Gasteiger partial charge < -0.3 is 14.8 Å². The first kappa shape index (κ1) is 17.2. The minimum atomic E-state index is 0.397. The maximum Gasteiger partial charge on any atom is 0.191 e. The smallest absolute Gasteiger partial charge is 0.191 e. The van der Waals surface area contributed by atoms with Gasteiger partial charge in [-0.2, -0.15) is 5.10 Å². The number of nitrogens with zero attached hydrogens (tertiary/aromatic N) is 1.